The topological polar surface area (TPSA) is 101 Å². The van der Waals surface area contributed by atoms with E-state index < -0.39 is 52.7 Å². The number of benzene rings is 1. The van der Waals surface area contributed by atoms with E-state index in [0.29, 0.717) is 36.6 Å². The van der Waals surface area contributed by atoms with Crippen molar-refractivity contribution in [2.75, 3.05) is 56.5 Å². The van der Waals surface area contributed by atoms with Gasteiger partial charge < -0.3 is 29.9 Å². The molecule has 6 rings (SSSR count). The Balaban J connectivity index is 1.38. The largest absolute Gasteiger partial charge is 0.461 e. The number of amides is 1. The first-order valence-corrected chi connectivity index (χ1v) is 15.6. The third kappa shape index (κ3) is 6.09. The molecular weight excluding hydrogens is 625 g/mol. The molecule has 0 spiro atoms. The molecule has 3 saturated heterocycles. The van der Waals surface area contributed by atoms with E-state index in [1.807, 2.05) is 4.90 Å². The van der Waals surface area contributed by atoms with E-state index in [0.717, 1.165) is 25.5 Å². The van der Waals surface area contributed by atoms with Gasteiger partial charge in [0.05, 0.1) is 35.2 Å². The van der Waals surface area contributed by atoms with Crippen LogP contribution in [0.25, 0.3) is 4.85 Å². The highest BCUT2D eigenvalue weighted by atomic mass is 19.4. The van der Waals surface area contributed by atoms with Crippen molar-refractivity contribution in [3.8, 4) is 6.01 Å². The van der Waals surface area contributed by atoms with E-state index in [1.54, 1.807) is 4.90 Å². The molecule has 15 heteroatoms. The number of nitrogen functional groups attached to an aromatic ring is 1. The van der Waals surface area contributed by atoms with Gasteiger partial charge >= 0.3 is 12.2 Å². The number of anilines is 2. The van der Waals surface area contributed by atoms with Gasteiger partial charge in [-0.25, -0.2) is 15.4 Å². The van der Waals surface area contributed by atoms with Crippen molar-refractivity contribution in [2.45, 2.75) is 69.2 Å². The van der Waals surface area contributed by atoms with Crippen LogP contribution in [0, 0.1) is 19.3 Å². The van der Waals surface area contributed by atoms with Crippen molar-refractivity contribution < 1.29 is 36.2 Å². The van der Waals surface area contributed by atoms with Crippen LogP contribution in [0.5, 0.6) is 6.01 Å². The number of aryl methyl sites for hydroxylation is 1. The first-order valence-electron chi connectivity index (χ1n) is 15.6. The molecule has 4 aliphatic heterocycles. The van der Waals surface area contributed by atoms with Gasteiger partial charge in [0, 0.05) is 50.1 Å². The highest BCUT2D eigenvalue weighted by Gasteiger charge is 2.49. The summed E-state index contributed by atoms with van der Waals surface area (Å²) in [5.41, 5.74) is 3.59. The monoisotopic (exact) mass is 661 g/mol. The number of nitrogens with two attached hydrogens (primary N) is 1. The molecule has 0 radical (unpaired) electrons. The quantitative estimate of drug-likeness (QED) is 0.202. The van der Waals surface area contributed by atoms with E-state index in [1.165, 1.54) is 13.0 Å². The first kappa shape index (κ1) is 32.9. The Morgan fingerprint density at radius 2 is 2.09 bits per heavy atom. The zero-order valence-electron chi connectivity index (χ0n) is 26.0. The summed E-state index contributed by atoms with van der Waals surface area (Å²) in [6.07, 6.45) is -4.29. The molecule has 1 unspecified atom stereocenters. The molecule has 4 atom stereocenters. The number of nitrogens with zero attached hydrogens (tertiary/aromatic N) is 6. The van der Waals surface area contributed by atoms with Crippen molar-refractivity contribution in [1.29, 1.82) is 0 Å². The Hall–Kier alpha value is -4.03. The van der Waals surface area contributed by atoms with Gasteiger partial charge in [0.15, 0.2) is 5.82 Å². The maximum Gasteiger partial charge on any atom is 0.417 e. The zero-order chi connectivity index (χ0) is 33.7. The summed E-state index contributed by atoms with van der Waals surface area (Å²) < 4.78 is 84.7. The molecule has 5 heterocycles. The predicted octanol–water partition coefficient (Wildman–Crippen LogP) is 4.42. The summed E-state index contributed by atoms with van der Waals surface area (Å²) in [5.74, 6) is -1.12. The fourth-order valence-corrected chi connectivity index (χ4v) is 7.63. The van der Waals surface area contributed by atoms with Gasteiger partial charge in [-0.15, -0.1) is 0 Å². The van der Waals surface area contributed by atoms with Gasteiger partial charge in [0.25, 0.3) is 0 Å². The maximum absolute atomic E-state index is 15.4. The lowest BCUT2D eigenvalue weighted by atomic mass is 9.91. The Kier molecular flexibility index (Phi) is 8.77. The van der Waals surface area contributed by atoms with Crippen LogP contribution in [0.1, 0.15) is 53.3 Å². The van der Waals surface area contributed by atoms with Crippen molar-refractivity contribution in [1.82, 2.24) is 19.8 Å². The lowest BCUT2D eigenvalue weighted by Gasteiger charge is -2.40. The summed E-state index contributed by atoms with van der Waals surface area (Å²) in [6, 6.07) is 0.427. The third-order valence-electron chi connectivity index (χ3n) is 9.76. The number of hydrogen-bond acceptors (Lipinski definition) is 8. The predicted molar refractivity (Wildman–Crippen MR) is 162 cm³/mol. The molecule has 252 valence electrons. The smallest absolute Gasteiger partial charge is 0.417 e. The molecule has 1 aromatic heterocycles. The van der Waals surface area contributed by atoms with Crippen LogP contribution in [0.3, 0.4) is 0 Å². The van der Waals surface area contributed by atoms with Gasteiger partial charge in [-0.1, -0.05) is 6.58 Å². The van der Waals surface area contributed by atoms with Crippen LogP contribution < -0.4 is 15.4 Å². The SMILES string of the molecule is [C-]#[N+]C[C@H]1CN(c2nc(OC[C@@]34CCCN3C[C@H](F)C4)nc3c2COC(c2c(F)c(N)cc(C)c2C(F)(F)F)C3)CCN1C(=O)C=C. The van der Waals surface area contributed by atoms with Gasteiger partial charge in [-0.2, -0.15) is 23.1 Å². The van der Waals surface area contributed by atoms with E-state index >= 15 is 4.39 Å². The minimum Gasteiger partial charge on any atom is -0.461 e. The van der Waals surface area contributed by atoms with Crippen LogP contribution in [-0.4, -0.2) is 89.3 Å². The highest BCUT2D eigenvalue weighted by molar-refractivity contribution is 5.87. The molecule has 0 aliphatic carbocycles. The fourth-order valence-electron chi connectivity index (χ4n) is 7.63. The summed E-state index contributed by atoms with van der Waals surface area (Å²) in [7, 11) is 0. The van der Waals surface area contributed by atoms with Crippen molar-refractivity contribution in [3.05, 3.63) is 63.9 Å². The van der Waals surface area contributed by atoms with Crippen molar-refractivity contribution in [3.63, 3.8) is 0 Å². The standard InChI is InChI=1S/C32H36F5N7O3/c1-4-25(45)44-9-8-42(15-20(44)13-39-3)29-21-16-46-24(26-27(32(35,36)37)18(2)10-22(38)28(26)34)11-23(21)40-30(41-29)47-17-31-6-5-7-43(31)14-19(33)12-31/h4,10,19-20,24H,1,5-9,11-17,38H2,2H3/t19-,20+,24?,31+/m1/s1. The average molecular weight is 662 g/mol. The summed E-state index contributed by atoms with van der Waals surface area (Å²) in [6.45, 7) is 14.0. The number of piperazine rings is 1. The molecule has 47 heavy (non-hydrogen) atoms. The molecule has 2 aromatic rings. The van der Waals surface area contributed by atoms with Crippen LogP contribution in [0.2, 0.25) is 0 Å². The molecule has 1 aromatic carbocycles. The number of alkyl halides is 4. The number of fused-ring (bicyclic) bond motifs is 2. The number of aromatic nitrogens is 2. The number of halogens is 5. The molecule has 10 nitrogen and oxygen atoms in total. The summed E-state index contributed by atoms with van der Waals surface area (Å²) >= 11 is 0. The Labute approximate surface area is 269 Å². The van der Waals surface area contributed by atoms with Gasteiger partial charge in [-0.3, -0.25) is 9.69 Å². The fraction of sp³-hybridized carbons (Fsp3) is 0.562. The van der Waals surface area contributed by atoms with Crippen LogP contribution >= 0.6 is 0 Å². The maximum atomic E-state index is 15.4. The number of carbonyl (C=O) groups excluding carboxylic acids is 1. The van der Waals surface area contributed by atoms with E-state index in [9.17, 15) is 22.4 Å². The molecular formula is C32H36F5N7O3. The van der Waals surface area contributed by atoms with Crippen molar-refractivity contribution >= 4 is 17.4 Å². The Bertz CT molecular complexity index is 1610. The van der Waals surface area contributed by atoms with E-state index in [4.69, 9.17) is 26.8 Å². The molecule has 4 aliphatic rings. The number of ether oxygens (including phenoxy) is 2. The zero-order valence-corrected chi connectivity index (χ0v) is 26.0. The van der Waals surface area contributed by atoms with Crippen LogP contribution in [-0.2, 0) is 28.7 Å². The summed E-state index contributed by atoms with van der Waals surface area (Å²) in [5, 5.41) is 0. The third-order valence-corrected chi connectivity index (χ3v) is 9.76. The lowest BCUT2D eigenvalue weighted by Crippen LogP contribution is -2.56. The second kappa shape index (κ2) is 12.5. The van der Waals surface area contributed by atoms with Gasteiger partial charge in [0.1, 0.15) is 24.6 Å². The second-order valence-electron chi connectivity index (χ2n) is 12.7. The number of rotatable bonds is 7. The molecule has 0 saturated carbocycles. The lowest BCUT2D eigenvalue weighted by molar-refractivity contribution is -0.140. The van der Waals surface area contributed by atoms with E-state index in [-0.39, 0.29) is 56.7 Å². The minimum atomic E-state index is -4.87. The van der Waals surface area contributed by atoms with E-state index in [2.05, 4.69) is 21.3 Å². The number of hydrogen-bond donors (Lipinski definition) is 1. The number of carbonyl (C=O) groups is 1. The van der Waals surface area contributed by atoms with Gasteiger partial charge in [0.2, 0.25) is 12.5 Å². The summed E-state index contributed by atoms with van der Waals surface area (Å²) in [4.78, 5) is 30.9. The minimum absolute atomic E-state index is 0.0301. The second-order valence-corrected chi connectivity index (χ2v) is 12.7. The molecule has 0 bridgehead atoms. The highest BCUT2D eigenvalue weighted by Crippen LogP contribution is 2.45. The normalized spacial score (nSPS) is 26.1. The molecule has 1 amide bonds. The van der Waals surface area contributed by atoms with Gasteiger partial charge in [-0.05, 0) is 44.0 Å². The van der Waals surface area contributed by atoms with Crippen LogP contribution in [0.15, 0.2) is 18.7 Å². The molecule has 2 N–H and O–H groups in total. The Morgan fingerprint density at radius 3 is 2.81 bits per heavy atom. The van der Waals surface area contributed by atoms with Crippen molar-refractivity contribution in [2.24, 2.45) is 0 Å². The average Bonchev–Trinajstić information content (AvgIpc) is 3.55. The Morgan fingerprint density at radius 1 is 1.30 bits per heavy atom. The first-order chi connectivity index (χ1) is 22.3. The van der Waals surface area contributed by atoms with Crippen LogP contribution in [0.4, 0.5) is 33.5 Å². The molecule has 3 fully saturated rings.